The molecule has 0 fully saturated rings. The fraction of sp³-hybridized carbons (Fsp3) is 0.945. The molecule has 546 valence electrons. The van der Waals surface area contributed by atoms with E-state index in [2.05, 4.69) is 41.5 Å². The van der Waals surface area contributed by atoms with E-state index in [0.29, 0.717) is 31.6 Å². The van der Waals surface area contributed by atoms with Crippen LogP contribution in [0.1, 0.15) is 375 Å². The Hall–Kier alpha value is -1.94. The average Bonchev–Trinajstić information content (AvgIpc) is 1.55. The minimum atomic E-state index is -4.95. The van der Waals surface area contributed by atoms with Crippen molar-refractivity contribution in [1.29, 1.82) is 0 Å². The van der Waals surface area contributed by atoms with Crippen LogP contribution in [0.5, 0.6) is 0 Å². The minimum Gasteiger partial charge on any atom is -0.462 e. The van der Waals surface area contributed by atoms with Crippen LogP contribution in [-0.4, -0.2) is 96.7 Å². The molecule has 5 atom stereocenters. The lowest BCUT2D eigenvalue weighted by Gasteiger charge is -2.21. The van der Waals surface area contributed by atoms with Crippen LogP contribution in [-0.2, 0) is 65.4 Å². The number of aliphatic hydroxyl groups excluding tert-OH is 1. The zero-order valence-corrected chi connectivity index (χ0v) is 61.6. The van der Waals surface area contributed by atoms with Crippen LogP contribution in [0.15, 0.2) is 0 Å². The van der Waals surface area contributed by atoms with Gasteiger partial charge in [0, 0.05) is 25.7 Å². The summed E-state index contributed by atoms with van der Waals surface area (Å²) in [5, 5.41) is 10.6. The van der Waals surface area contributed by atoms with Crippen LogP contribution in [0.4, 0.5) is 0 Å². The zero-order valence-electron chi connectivity index (χ0n) is 59.9. The van der Waals surface area contributed by atoms with Gasteiger partial charge in [0.1, 0.15) is 19.3 Å². The van der Waals surface area contributed by atoms with Gasteiger partial charge in [-0.05, 0) is 37.5 Å². The third-order valence-corrected chi connectivity index (χ3v) is 18.9. The van der Waals surface area contributed by atoms with E-state index in [0.717, 1.165) is 109 Å². The Balaban J connectivity index is 5.13. The Morgan fingerprint density at radius 2 is 0.500 bits per heavy atom. The zero-order chi connectivity index (χ0) is 67.9. The predicted octanol–water partition coefficient (Wildman–Crippen LogP) is 21.2. The van der Waals surface area contributed by atoms with Gasteiger partial charge in [-0.15, -0.1) is 0 Å². The number of aliphatic hydroxyl groups is 1. The average molecular weight is 1350 g/mol. The van der Waals surface area contributed by atoms with Gasteiger partial charge >= 0.3 is 39.5 Å². The second kappa shape index (κ2) is 65.0. The molecule has 0 saturated heterocycles. The van der Waals surface area contributed by atoms with E-state index in [1.807, 2.05) is 0 Å². The van der Waals surface area contributed by atoms with Crippen LogP contribution in [0, 0.1) is 11.8 Å². The lowest BCUT2D eigenvalue weighted by molar-refractivity contribution is -0.161. The summed E-state index contributed by atoms with van der Waals surface area (Å²) in [6.45, 7) is 9.43. The number of esters is 4. The van der Waals surface area contributed by atoms with Crippen molar-refractivity contribution in [2.24, 2.45) is 11.8 Å². The third kappa shape index (κ3) is 66.7. The molecule has 17 nitrogen and oxygen atoms in total. The number of carbonyl (C=O) groups is 4. The summed E-state index contributed by atoms with van der Waals surface area (Å²) in [5.41, 5.74) is 0. The summed E-state index contributed by atoms with van der Waals surface area (Å²) >= 11 is 0. The first-order valence-corrected chi connectivity index (χ1v) is 41.0. The number of rotatable bonds is 72. The molecule has 0 aliphatic carbocycles. The number of phosphoric ester groups is 2. The number of carbonyl (C=O) groups excluding carboxylic acids is 4. The summed E-state index contributed by atoms with van der Waals surface area (Å²) in [5.74, 6) is -0.691. The summed E-state index contributed by atoms with van der Waals surface area (Å²) in [7, 11) is -9.90. The molecule has 19 heteroatoms. The van der Waals surface area contributed by atoms with Crippen molar-refractivity contribution >= 4 is 39.5 Å². The highest BCUT2D eigenvalue weighted by atomic mass is 31.2. The van der Waals surface area contributed by atoms with Crippen molar-refractivity contribution in [3.05, 3.63) is 0 Å². The van der Waals surface area contributed by atoms with Gasteiger partial charge in [0.15, 0.2) is 12.2 Å². The van der Waals surface area contributed by atoms with Gasteiger partial charge in [-0.25, -0.2) is 9.13 Å². The van der Waals surface area contributed by atoms with Crippen LogP contribution < -0.4 is 0 Å². The molecular formula is C73H142O17P2. The van der Waals surface area contributed by atoms with E-state index in [9.17, 15) is 43.2 Å². The first-order chi connectivity index (χ1) is 44.4. The van der Waals surface area contributed by atoms with Crippen molar-refractivity contribution in [2.45, 2.75) is 394 Å². The number of ether oxygens (including phenoxy) is 4. The molecule has 0 aromatic carbocycles. The van der Waals surface area contributed by atoms with Gasteiger partial charge in [-0.1, -0.05) is 324 Å². The second-order valence-corrected chi connectivity index (χ2v) is 30.2. The Kier molecular flexibility index (Phi) is 63.7. The van der Waals surface area contributed by atoms with E-state index in [4.69, 9.17) is 37.0 Å². The predicted molar refractivity (Wildman–Crippen MR) is 372 cm³/mol. The SMILES string of the molecule is CCCCCCCCCCCCCCCCCCCCCCCCC(=O)O[C@H](COC(=O)CCCCCCCCCCCCCC(C)C)COP(=O)(O)OC[C@@H](O)COP(=O)(O)OC[C@@H](COC(=O)CCCCCCCCC)OC(=O)CCCCCCCCC(C)C. The topological polar surface area (TPSA) is 237 Å². The Morgan fingerprint density at radius 1 is 0.293 bits per heavy atom. The molecule has 0 aliphatic rings. The summed E-state index contributed by atoms with van der Waals surface area (Å²) in [6, 6.07) is 0. The van der Waals surface area contributed by atoms with Gasteiger partial charge in [-0.2, -0.15) is 0 Å². The number of unbranched alkanes of at least 4 members (excludes halogenated alkanes) is 42. The maximum Gasteiger partial charge on any atom is 0.472 e. The molecule has 0 rings (SSSR count). The van der Waals surface area contributed by atoms with Crippen molar-refractivity contribution in [3.8, 4) is 0 Å². The monoisotopic (exact) mass is 1350 g/mol. The van der Waals surface area contributed by atoms with Crippen molar-refractivity contribution in [1.82, 2.24) is 0 Å². The Labute approximate surface area is 562 Å². The smallest absolute Gasteiger partial charge is 0.462 e. The quantitative estimate of drug-likeness (QED) is 0.0222. The lowest BCUT2D eigenvalue weighted by Crippen LogP contribution is -2.30. The fourth-order valence-electron chi connectivity index (χ4n) is 11.1. The molecule has 92 heavy (non-hydrogen) atoms. The highest BCUT2D eigenvalue weighted by molar-refractivity contribution is 7.47. The summed E-state index contributed by atoms with van der Waals surface area (Å²) in [4.78, 5) is 72.4. The second-order valence-electron chi connectivity index (χ2n) is 27.3. The molecule has 2 unspecified atom stereocenters. The number of phosphoric acid groups is 2. The lowest BCUT2D eigenvalue weighted by atomic mass is 10.0. The first-order valence-electron chi connectivity index (χ1n) is 38.0. The van der Waals surface area contributed by atoms with E-state index in [-0.39, 0.29) is 25.7 Å². The van der Waals surface area contributed by atoms with Gasteiger partial charge in [0.25, 0.3) is 0 Å². The molecule has 0 aliphatic heterocycles. The third-order valence-electron chi connectivity index (χ3n) is 17.0. The normalized spacial score (nSPS) is 14.1. The largest absolute Gasteiger partial charge is 0.472 e. The summed E-state index contributed by atoms with van der Waals surface area (Å²) < 4.78 is 68.2. The minimum absolute atomic E-state index is 0.102. The Morgan fingerprint density at radius 3 is 0.739 bits per heavy atom. The molecule has 0 aromatic rings. The molecule has 0 radical (unpaired) electrons. The summed E-state index contributed by atoms with van der Waals surface area (Å²) in [6.07, 6.45) is 51.9. The maximum absolute atomic E-state index is 13.1. The molecule has 0 bridgehead atoms. The molecule has 0 aromatic heterocycles. The van der Waals surface area contributed by atoms with E-state index < -0.39 is 97.5 Å². The van der Waals surface area contributed by atoms with Crippen molar-refractivity contribution < 1.29 is 80.2 Å². The van der Waals surface area contributed by atoms with Crippen molar-refractivity contribution in [2.75, 3.05) is 39.6 Å². The number of hydrogen-bond acceptors (Lipinski definition) is 15. The number of hydrogen-bond donors (Lipinski definition) is 3. The van der Waals surface area contributed by atoms with Crippen LogP contribution in [0.2, 0.25) is 0 Å². The van der Waals surface area contributed by atoms with Gasteiger partial charge in [-0.3, -0.25) is 37.3 Å². The standard InChI is InChI=1S/C73H142O17P2/c1-7-9-11-13-15-16-17-18-19-20-21-22-23-24-25-26-27-30-34-38-45-51-57-72(77)89-68(62-84-71(76)56-50-44-37-33-31-28-29-32-36-41-47-53-65(3)4)63-87-91(79,80)85-59-67(74)60-86-92(81,82)88-64-69(61-83-70(75)55-49-43-35-14-12-10-8-2)90-73(78)58-52-46-40-39-42-48-54-66(5)6/h65-69,74H,7-64H2,1-6H3,(H,79,80)(H,81,82)/t67-,68-,69-/m1/s1. The molecule has 0 amide bonds. The van der Waals surface area contributed by atoms with Crippen molar-refractivity contribution in [3.63, 3.8) is 0 Å². The van der Waals surface area contributed by atoms with E-state index in [1.165, 1.54) is 180 Å². The van der Waals surface area contributed by atoms with Crippen LogP contribution in [0.25, 0.3) is 0 Å². The first kappa shape index (κ1) is 90.1. The van der Waals surface area contributed by atoms with E-state index >= 15 is 0 Å². The molecule has 3 N–H and O–H groups in total. The molecular weight excluding hydrogens is 1210 g/mol. The highest BCUT2D eigenvalue weighted by Crippen LogP contribution is 2.45. The van der Waals surface area contributed by atoms with Gasteiger partial charge < -0.3 is 33.8 Å². The molecule has 0 spiro atoms. The van der Waals surface area contributed by atoms with Gasteiger partial charge in [0.2, 0.25) is 0 Å². The van der Waals surface area contributed by atoms with Crippen LogP contribution >= 0.6 is 15.6 Å². The maximum atomic E-state index is 13.1. The highest BCUT2D eigenvalue weighted by Gasteiger charge is 2.30. The molecule has 0 saturated carbocycles. The van der Waals surface area contributed by atoms with Crippen LogP contribution in [0.3, 0.4) is 0 Å². The fourth-order valence-corrected chi connectivity index (χ4v) is 12.7. The molecule has 0 heterocycles. The van der Waals surface area contributed by atoms with Gasteiger partial charge in [0.05, 0.1) is 26.4 Å². The Bertz CT molecular complexity index is 1790. The van der Waals surface area contributed by atoms with E-state index in [1.54, 1.807) is 0 Å².